The summed E-state index contributed by atoms with van der Waals surface area (Å²) in [4.78, 5) is 38.3. The number of nitrogens with zero attached hydrogens (tertiary/aromatic N) is 4. The first-order chi connectivity index (χ1) is 26.2. The highest BCUT2D eigenvalue weighted by molar-refractivity contribution is 6.30. The van der Waals surface area contributed by atoms with Crippen molar-refractivity contribution in [1.29, 1.82) is 0 Å². The van der Waals surface area contributed by atoms with E-state index in [4.69, 9.17) is 31.0 Å². The molecule has 1 saturated carbocycles. The Bertz CT molecular complexity index is 2340. The second-order valence-corrected chi connectivity index (χ2v) is 16.8. The molecule has 2 atom stereocenters. The van der Waals surface area contributed by atoms with Crippen LogP contribution < -0.4 is 15.4 Å². The van der Waals surface area contributed by atoms with Crippen molar-refractivity contribution in [2.45, 2.75) is 62.4 Å². The van der Waals surface area contributed by atoms with Crippen LogP contribution in [0.4, 0.5) is 15.8 Å². The number of nitrogens with one attached hydrogen (secondary N) is 2. The Balaban J connectivity index is 0.911. The van der Waals surface area contributed by atoms with Crippen LogP contribution in [0.15, 0.2) is 78.9 Å². The Hall–Kier alpha value is -4.88. The molecule has 0 bridgehead atoms. The third-order valence-corrected chi connectivity index (χ3v) is 12.6. The molecule has 2 aromatic heterocycles. The van der Waals surface area contributed by atoms with E-state index in [2.05, 4.69) is 26.2 Å². The van der Waals surface area contributed by atoms with Crippen LogP contribution in [0.3, 0.4) is 0 Å². The van der Waals surface area contributed by atoms with E-state index in [-0.39, 0.29) is 24.5 Å². The topological polar surface area (TPSA) is 111 Å². The van der Waals surface area contributed by atoms with Gasteiger partial charge in [-0.25, -0.2) is 14.4 Å². The third-order valence-electron chi connectivity index (χ3n) is 11.3. The number of fused-ring (bicyclic) bond motifs is 3. The number of ether oxygens (including phenoxy) is 2. The van der Waals surface area contributed by atoms with Crippen molar-refractivity contribution < 1.29 is 23.5 Å². The molecule has 2 amide bonds. The molecule has 276 valence electrons. The lowest BCUT2D eigenvalue weighted by Crippen LogP contribution is -2.34. The molecule has 10 nitrogen and oxygen atoms in total. The molecule has 54 heavy (non-hydrogen) atoms. The molecule has 9 rings (SSSR count). The van der Waals surface area contributed by atoms with Gasteiger partial charge in [-0.05, 0) is 97.0 Å². The summed E-state index contributed by atoms with van der Waals surface area (Å²) in [6, 6.07) is 21.6. The van der Waals surface area contributed by atoms with Gasteiger partial charge in [-0.3, -0.25) is 14.5 Å². The molecule has 13 heteroatoms. The van der Waals surface area contributed by atoms with Gasteiger partial charge in [0.1, 0.15) is 18.2 Å². The standard InChI is InChI=1S/C41H40ClFN6O4Si/c42-27-6-4-26(30(43)19-27)23-53-38-3-1-2-31(46-38)24-10-15-48(16-11-24)22-37-45-33-8-5-25(18-34(33)49(37)21-36(54)35-12-17-52-35)39(50)44-28-7-9-32-29(20-28)41(13-14-41)40(51)47-32/h1-10,18-20,35-36H,11-17,21-23H2,54H3,(H,44,50)(H,47,51). The van der Waals surface area contributed by atoms with Crippen molar-refractivity contribution in [3.05, 3.63) is 118 Å². The number of amides is 2. The maximum Gasteiger partial charge on any atom is 0.255 e. The zero-order valence-corrected chi connectivity index (χ0v) is 32.7. The van der Waals surface area contributed by atoms with Crippen LogP contribution in [-0.4, -0.2) is 67.3 Å². The van der Waals surface area contributed by atoms with Gasteiger partial charge < -0.3 is 24.7 Å². The summed E-state index contributed by atoms with van der Waals surface area (Å²) in [5.41, 5.74) is 7.22. The van der Waals surface area contributed by atoms with Gasteiger partial charge in [0.15, 0.2) is 0 Å². The first kappa shape index (κ1) is 34.9. The second kappa shape index (κ2) is 14.1. The minimum Gasteiger partial charge on any atom is -0.473 e. The number of halogens is 2. The Morgan fingerprint density at radius 1 is 1.13 bits per heavy atom. The van der Waals surface area contributed by atoms with E-state index in [0.717, 1.165) is 102 Å². The van der Waals surface area contributed by atoms with E-state index in [1.54, 1.807) is 18.2 Å². The van der Waals surface area contributed by atoms with Crippen LogP contribution in [0.5, 0.6) is 5.88 Å². The predicted molar refractivity (Wildman–Crippen MR) is 210 cm³/mol. The van der Waals surface area contributed by atoms with Crippen LogP contribution in [-0.2, 0) is 34.6 Å². The maximum atomic E-state index is 14.3. The van der Waals surface area contributed by atoms with Crippen molar-refractivity contribution in [3.63, 3.8) is 0 Å². The molecule has 3 aliphatic heterocycles. The lowest BCUT2D eigenvalue weighted by molar-refractivity contribution is -0.117. The number of benzene rings is 3. The molecule has 2 unspecified atom stereocenters. The summed E-state index contributed by atoms with van der Waals surface area (Å²) in [6.45, 7) is 3.87. The molecule has 5 aromatic rings. The Labute approximate surface area is 320 Å². The van der Waals surface area contributed by atoms with Crippen LogP contribution in [0.25, 0.3) is 16.6 Å². The van der Waals surface area contributed by atoms with Crippen LogP contribution in [0.1, 0.15) is 58.7 Å². The van der Waals surface area contributed by atoms with E-state index in [9.17, 15) is 14.0 Å². The number of hydrogen-bond acceptors (Lipinski definition) is 7. The highest BCUT2D eigenvalue weighted by Gasteiger charge is 2.56. The number of carbonyl (C=O) groups excluding carboxylic acids is 2. The number of aromatic nitrogens is 3. The van der Waals surface area contributed by atoms with Crippen LogP contribution in [0.2, 0.25) is 10.6 Å². The van der Waals surface area contributed by atoms with Gasteiger partial charge in [-0.2, -0.15) is 0 Å². The van der Waals surface area contributed by atoms with Gasteiger partial charge >= 0.3 is 0 Å². The monoisotopic (exact) mass is 762 g/mol. The van der Waals surface area contributed by atoms with Crippen molar-refractivity contribution in [2.75, 3.05) is 30.3 Å². The molecular weight excluding hydrogens is 723 g/mol. The van der Waals surface area contributed by atoms with Gasteiger partial charge in [0.05, 0.1) is 34.8 Å². The summed E-state index contributed by atoms with van der Waals surface area (Å²) in [6.07, 6.45) is 6.03. The van der Waals surface area contributed by atoms with E-state index < -0.39 is 11.2 Å². The molecular formula is C41H40ClFN6O4Si. The molecule has 5 heterocycles. The number of anilines is 2. The van der Waals surface area contributed by atoms with Crippen molar-refractivity contribution in [3.8, 4) is 5.88 Å². The highest BCUT2D eigenvalue weighted by atomic mass is 35.5. The molecule has 1 spiro atoms. The van der Waals surface area contributed by atoms with E-state index in [1.165, 1.54) is 6.07 Å². The molecule has 3 aromatic carbocycles. The Kier molecular flexibility index (Phi) is 9.09. The summed E-state index contributed by atoms with van der Waals surface area (Å²) in [5, 5.41) is 6.40. The van der Waals surface area contributed by atoms with Gasteiger partial charge in [-0.1, -0.05) is 29.8 Å². The average molecular weight is 763 g/mol. The highest BCUT2D eigenvalue weighted by Crippen LogP contribution is 2.55. The van der Waals surface area contributed by atoms with E-state index in [1.807, 2.05) is 48.5 Å². The average Bonchev–Trinajstić information content (AvgIpc) is 3.83. The number of carbonyl (C=O) groups is 2. The van der Waals surface area contributed by atoms with E-state index in [0.29, 0.717) is 39.8 Å². The zero-order valence-electron chi connectivity index (χ0n) is 29.9. The zero-order chi connectivity index (χ0) is 37.0. The molecule has 2 fully saturated rings. The molecule has 4 aliphatic rings. The molecule has 0 radical (unpaired) electrons. The Morgan fingerprint density at radius 2 is 2.00 bits per heavy atom. The maximum absolute atomic E-state index is 14.3. The summed E-state index contributed by atoms with van der Waals surface area (Å²) < 4.78 is 28.3. The fourth-order valence-corrected chi connectivity index (χ4v) is 8.86. The van der Waals surface area contributed by atoms with Crippen molar-refractivity contribution in [2.24, 2.45) is 0 Å². The molecule has 2 N–H and O–H groups in total. The number of rotatable bonds is 11. The lowest BCUT2D eigenvalue weighted by atomic mass is 9.97. The SMILES string of the molecule is O=C(Nc1ccc2c(c1)C1(CC1)C(=O)N2)c1ccc2nc(CN3CC=C(c4cccc(OCc5ccc(Cl)cc5F)n4)CC3)n(CC([SiH3])C3CCO3)c2c1. The largest absolute Gasteiger partial charge is 0.473 e. The summed E-state index contributed by atoms with van der Waals surface area (Å²) in [5.74, 6) is 0.851. The normalized spacial score (nSPS) is 19.3. The van der Waals surface area contributed by atoms with Gasteiger partial charge in [-0.15, -0.1) is 0 Å². The second-order valence-electron chi connectivity index (χ2n) is 14.9. The lowest BCUT2D eigenvalue weighted by Gasteiger charge is -2.33. The minimum atomic E-state index is -0.424. The fraction of sp³-hybridized carbons (Fsp3) is 0.317. The smallest absolute Gasteiger partial charge is 0.255 e. The molecule has 1 aliphatic carbocycles. The fourth-order valence-electron chi connectivity index (χ4n) is 7.81. The van der Waals surface area contributed by atoms with Crippen LogP contribution >= 0.6 is 11.6 Å². The third kappa shape index (κ3) is 6.72. The van der Waals surface area contributed by atoms with Crippen molar-refractivity contribution in [1.82, 2.24) is 19.4 Å². The number of imidazole rings is 1. The number of pyridine rings is 1. The quantitative estimate of drug-likeness (QED) is 0.153. The van der Waals surface area contributed by atoms with Gasteiger partial charge in [0.2, 0.25) is 11.8 Å². The van der Waals surface area contributed by atoms with Gasteiger partial charge in [0.25, 0.3) is 5.91 Å². The van der Waals surface area contributed by atoms with Crippen LogP contribution in [0, 0.1) is 5.82 Å². The first-order valence-electron chi connectivity index (χ1n) is 18.6. The van der Waals surface area contributed by atoms with Gasteiger partial charge in [0, 0.05) is 70.1 Å². The molecule has 1 saturated heterocycles. The first-order valence-corrected chi connectivity index (χ1v) is 20.1. The van der Waals surface area contributed by atoms with E-state index >= 15 is 0 Å². The summed E-state index contributed by atoms with van der Waals surface area (Å²) in [7, 11) is 0.975. The minimum absolute atomic E-state index is 0.0553. The van der Waals surface area contributed by atoms with Crippen molar-refractivity contribution >= 4 is 61.6 Å². The predicted octanol–water partition coefficient (Wildman–Crippen LogP) is 6.27. The summed E-state index contributed by atoms with van der Waals surface area (Å²) >= 11 is 5.89. The number of hydrogen-bond donors (Lipinski definition) is 2. The Morgan fingerprint density at radius 3 is 2.76 bits per heavy atom.